The minimum absolute atomic E-state index is 0.0175. The summed E-state index contributed by atoms with van der Waals surface area (Å²) in [6.45, 7) is 1.67. The molecule has 2 unspecified atom stereocenters. The zero-order valence-corrected chi connectivity index (χ0v) is 14.2. The van der Waals surface area contributed by atoms with E-state index in [4.69, 9.17) is 4.42 Å². The maximum absolute atomic E-state index is 12.4. The second kappa shape index (κ2) is 6.63. The quantitative estimate of drug-likeness (QED) is 0.440. The first kappa shape index (κ1) is 17.1. The van der Waals surface area contributed by atoms with Crippen LogP contribution in [0.4, 0.5) is 0 Å². The van der Waals surface area contributed by atoms with Crippen LogP contribution in [0.3, 0.4) is 0 Å². The van der Waals surface area contributed by atoms with Gasteiger partial charge in [-0.05, 0) is 24.6 Å². The van der Waals surface area contributed by atoms with E-state index in [0.717, 1.165) is 0 Å². The molecule has 0 aromatic carbocycles. The summed E-state index contributed by atoms with van der Waals surface area (Å²) < 4.78 is 5.14. The normalized spacial score (nSPS) is 23.0. The summed E-state index contributed by atoms with van der Waals surface area (Å²) in [7, 11) is 1.29. The predicted octanol–water partition coefficient (Wildman–Crippen LogP) is 0.389. The van der Waals surface area contributed by atoms with Gasteiger partial charge in [0.25, 0.3) is 11.8 Å². The third kappa shape index (κ3) is 2.88. The van der Waals surface area contributed by atoms with Crippen molar-refractivity contribution in [3.63, 3.8) is 0 Å². The van der Waals surface area contributed by atoms with Gasteiger partial charge >= 0.3 is 5.97 Å². The van der Waals surface area contributed by atoms with Crippen molar-refractivity contribution in [3.05, 3.63) is 35.4 Å². The van der Waals surface area contributed by atoms with Crippen LogP contribution in [0.25, 0.3) is 0 Å². The Kier molecular flexibility index (Phi) is 4.53. The Labute approximate surface area is 146 Å². The standard InChI is InChI=1S/C15H15N3O6S/c1-7-6-25-14-10(13(20)18(14)11(7)15(21)22)16-12(19)9(17-23-2)8-4-3-5-24-8/h3-5,10,14H,6H2,1-2H3,(H,16,19)(H,21,22). The van der Waals surface area contributed by atoms with Crippen molar-refractivity contribution >= 4 is 35.3 Å². The van der Waals surface area contributed by atoms with Gasteiger partial charge in [-0.2, -0.15) is 0 Å². The molecule has 10 heteroatoms. The lowest BCUT2D eigenvalue weighted by Gasteiger charge is -2.49. The smallest absolute Gasteiger partial charge is 0.352 e. The molecule has 2 N–H and O–H groups in total. The van der Waals surface area contributed by atoms with Gasteiger partial charge in [-0.3, -0.25) is 14.5 Å². The van der Waals surface area contributed by atoms with E-state index >= 15 is 0 Å². The van der Waals surface area contributed by atoms with Gasteiger partial charge in [0.05, 0.1) is 6.26 Å². The number of β-lactam (4-membered cyclic amide) rings is 1. The number of nitrogens with zero attached hydrogens (tertiary/aromatic N) is 2. The Bertz CT molecular complexity index is 785. The average molecular weight is 365 g/mol. The van der Waals surface area contributed by atoms with Crippen molar-refractivity contribution in [2.45, 2.75) is 18.3 Å². The van der Waals surface area contributed by atoms with Crippen molar-refractivity contribution in [2.75, 3.05) is 12.9 Å². The Morgan fingerprint density at radius 3 is 2.88 bits per heavy atom. The molecule has 3 rings (SSSR count). The molecule has 2 aliphatic heterocycles. The third-order valence-electron chi connectivity index (χ3n) is 3.80. The Morgan fingerprint density at radius 2 is 2.28 bits per heavy atom. The molecule has 9 nitrogen and oxygen atoms in total. The van der Waals surface area contributed by atoms with Gasteiger partial charge in [0.15, 0.2) is 5.76 Å². The van der Waals surface area contributed by atoms with Crippen molar-refractivity contribution < 1.29 is 28.7 Å². The topological polar surface area (TPSA) is 121 Å². The van der Waals surface area contributed by atoms with Gasteiger partial charge in [-0.1, -0.05) is 5.16 Å². The summed E-state index contributed by atoms with van der Waals surface area (Å²) in [6.07, 6.45) is 1.38. The fraction of sp³-hybridized carbons (Fsp3) is 0.333. The highest BCUT2D eigenvalue weighted by molar-refractivity contribution is 8.00. The van der Waals surface area contributed by atoms with Crippen LogP contribution in [-0.2, 0) is 19.2 Å². The lowest BCUT2D eigenvalue weighted by molar-refractivity contribution is -0.150. The molecule has 1 aromatic heterocycles. The first-order valence-electron chi connectivity index (χ1n) is 7.29. The molecule has 0 radical (unpaired) electrons. The van der Waals surface area contributed by atoms with Gasteiger partial charge in [0.1, 0.15) is 24.2 Å². The molecular weight excluding hydrogens is 350 g/mol. The van der Waals surface area contributed by atoms with E-state index in [1.807, 2.05) is 0 Å². The number of nitrogens with one attached hydrogen (secondary N) is 1. The zero-order valence-electron chi connectivity index (χ0n) is 13.4. The van der Waals surface area contributed by atoms with Gasteiger partial charge in [0, 0.05) is 5.75 Å². The number of carbonyl (C=O) groups excluding carboxylic acids is 2. The highest BCUT2D eigenvalue weighted by Crippen LogP contribution is 2.40. The van der Waals surface area contributed by atoms with Gasteiger partial charge in [0.2, 0.25) is 5.71 Å². The van der Waals surface area contributed by atoms with E-state index in [-0.39, 0.29) is 17.2 Å². The molecule has 3 heterocycles. The van der Waals surface area contributed by atoms with Crippen molar-refractivity contribution in [1.82, 2.24) is 10.2 Å². The van der Waals surface area contributed by atoms with Gasteiger partial charge in [-0.25, -0.2) is 4.79 Å². The summed E-state index contributed by atoms with van der Waals surface area (Å²) >= 11 is 1.39. The molecule has 132 valence electrons. The van der Waals surface area contributed by atoms with Crippen LogP contribution in [0.2, 0.25) is 0 Å². The molecule has 0 spiro atoms. The van der Waals surface area contributed by atoms with E-state index in [1.54, 1.807) is 13.0 Å². The number of oxime groups is 1. The van der Waals surface area contributed by atoms with Crippen LogP contribution in [0.1, 0.15) is 12.7 Å². The maximum Gasteiger partial charge on any atom is 0.352 e. The number of fused-ring (bicyclic) bond motifs is 1. The number of rotatable bonds is 5. The van der Waals surface area contributed by atoms with E-state index < -0.39 is 29.2 Å². The summed E-state index contributed by atoms with van der Waals surface area (Å²) in [5.41, 5.74) is 0.491. The fourth-order valence-electron chi connectivity index (χ4n) is 2.69. The first-order chi connectivity index (χ1) is 12.0. The Balaban J connectivity index is 1.77. The monoisotopic (exact) mass is 365 g/mol. The van der Waals surface area contributed by atoms with Crippen LogP contribution >= 0.6 is 11.8 Å². The number of thioether (sulfide) groups is 1. The second-order valence-electron chi connectivity index (χ2n) is 5.39. The molecule has 1 aromatic rings. The highest BCUT2D eigenvalue weighted by atomic mass is 32.2. The average Bonchev–Trinajstić information content (AvgIpc) is 3.10. The summed E-state index contributed by atoms with van der Waals surface area (Å²) in [6, 6.07) is 2.29. The highest BCUT2D eigenvalue weighted by Gasteiger charge is 2.54. The minimum atomic E-state index is -1.15. The molecule has 2 amide bonds. The summed E-state index contributed by atoms with van der Waals surface area (Å²) in [5, 5.41) is 15.1. The van der Waals surface area contributed by atoms with Crippen LogP contribution in [0.5, 0.6) is 0 Å². The van der Waals surface area contributed by atoms with Crippen LogP contribution in [0, 0.1) is 0 Å². The number of hydrogen-bond acceptors (Lipinski definition) is 7. The minimum Gasteiger partial charge on any atom is -0.477 e. The van der Waals surface area contributed by atoms with Crippen molar-refractivity contribution in [2.24, 2.45) is 5.16 Å². The predicted molar refractivity (Wildman–Crippen MR) is 87.6 cm³/mol. The summed E-state index contributed by atoms with van der Waals surface area (Å²) in [4.78, 5) is 42.1. The number of carboxylic acids is 1. The molecule has 1 saturated heterocycles. The maximum atomic E-state index is 12.4. The summed E-state index contributed by atoms with van der Waals surface area (Å²) in [5.74, 6) is -1.60. The fourth-order valence-corrected chi connectivity index (χ4v) is 3.98. The molecule has 0 saturated carbocycles. The molecule has 0 bridgehead atoms. The number of aliphatic carboxylic acids is 1. The molecule has 2 atom stereocenters. The molecule has 2 aliphatic rings. The molecule has 0 aliphatic carbocycles. The molecular formula is C15H15N3O6S. The first-order valence-corrected chi connectivity index (χ1v) is 8.34. The lowest BCUT2D eigenvalue weighted by Crippen LogP contribution is -2.71. The lowest BCUT2D eigenvalue weighted by atomic mass is 10.0. The number of furan rings is 1. The number of hydrogen-bond donors (Lipinski definition) is 2. The van der Waals surface area contributed by atoms with Crippen LogP contribution in [-0.4, -0.2) is 57.8 Å². The van der Waals surface area contributed by atoms with Gasteiger partial charge in [-0.15, -0.1) is 11.8 Å². The van der Waals surface area contributed by atoms with E-state index in [9.17, 15) is 19.5 Å². The second-order valence-corrected chi connectivity index (χ2v) is 6.50. The van der Waals surface area contributed by atoms with Crippen LogP contribution in [0.15, 0.2) is 39.2 Å². The molecule has 1 fully saturated rings. The van der Waals surface area contributed by atoms with E-state index in [1.165, 1.54) is 36.1 Å². The number of carbonyl (C=O) groups is 3. The number of carboxylic acid groups (broad SMARTS) is 1. The van der Waals surface area contributed by atoms with Crippen molar-refractivity contribution in [1.29, 1.82) is 0 Å². The van der Waals surface area contributed by atoms with E-state index in [2.05, 4.69) is 15.3 Å². The largest absolute Gasteiger partial charge is 0.477 e. The Hall–Kier alpha value is -2.75. The Morgan fingerprint density at radius 1 is 1.52 bits per heavy atom. The third-order valence-corrected chi connectivity index (χ3v) is 5.22. The van der Waals surface area contributed by atoms with Crippen molar-refractivity contribution in [3.8, 4) is 0 Å². The number of amides is 2. The van der Waals surface area contributed by atoms with Gasteiger partial charge < -0.3 is 19.7 Å². The molecule has 25 heavy (non-hydrogen) atoms. The SMILES string of the molecule is CON=C(C(=O)NC1C(=O)N2C(C(=O)O)=C(C)CSC12)c1ccco1. The zero-order chi connectivity index (χ0) is 18.1. The van der Waals surface area contributed by atoms with Crippen LogP contribution < -0.4 is 5.32 Å². The van der Waals surface area contributed by atoms with E-state index in [0.29, 0.717) is 11.3 Å².